The smallest absolute Gasteiger partial charge is 0.00691 e. The molecule has 0 heterocycles. The van der Waals surface area contributed by atoms with E-state index >= 15 is 0 Å². The summed E-state index contributed by atoms with van der Waals surface area (Å²) < 4.78 is 0. The summed E-state index contributed by atoms with van der Waals surface area (Å²) in [5.41, 5.74) is 0.589. The van der Waals surface area contributed by atoms with Crippen molar-refractivity contribution >= 4 is 0 Å². The molecule has 1 nitrogen and oxygen atoms in total. The molecule has 0 aliphatic heterocycles. The van der Waals surface area contributed by atoms with Gasteiger partial charge >= 0.3 is 0 Å². The van der Waals surface area contributed by atoms with Crippen molar-refractivity contribution in [2.45, 2.75) is 45.6 Å². The van der Waals surface area contributed by atoms with Gasteiger partial charge in [-0.3, -0.25) is 0 Å². The first-order chi connectivity index (χ1) is 4.64. The summed E-state index contributed by atoms with van der Waals surface area (Å²) >= 11 is 0. The standard InChI is InChI=1S/C9H19N/c1-9(2)6-4-5-8(7-9)10-3/h8,10H,4-7H2,1-3H3/t8-/m1/s1. The van der Waals surface area contributed by atoms with Crippen LogP contribution < -0.4 is 5.32 Å². The van der Waals surface area contributed by atoms with Gasteiger partial charge in [-0.15, -0.1) is 0 Å². The van der Waals surface area contributed by atoms with Crippen molar-refractivity contribution < 1.29 is 0 Å². The summed E-state index contributed by atoms with van der Waals surface area (Å²) in [7, 11) is 2.08. The van der Waals surface area contributed by atoms with E-state index in [-0.39, 0.29) is 0 Å². The minimum absolute atomic E-state index is 0.589. The summed E-state index contributed by atoms with van der Waals surface area (Å²) in [4.78, 5) is 0. The lowest BCUT2D eigenvalue weighted by molar-refractivity contribution is 0.204. The Hall–Kier alpha value is -0.0400. The molecule has 1 N–H and O–H groups in total. The minimum Gasteiger partial charge on any atom is -0.317 e. The Morgan fingerprint density at radius 1 is 1.40 bits per heavy atom. The third-order valence-corrected chi connectivity index (χ3v) is 2.61. The average Bonchev–Trinajstić information content (AvgIpc) is 1.86. The van der Waals surface area contributed by atoms with Crippen LogP contribution in [0.2, 0.25) is 0 Å². The van der Waals surface area contributed by atoms with E-state index in [1.807, 2.05) is 0 Å². The molecule has 0 amide bonds. The van der Waals surface area contributed by atoms with Crippen LogP contribution in [0.3, 0.4) is 0 Å². The van der Waals surface area contributed by atoms with Crippen molar-refractivity contribution in [3.63, 3.8) is 0 Å². The van der Waals surface area contributed by atoms with E-state index in [2.05, 4.69) is 26.2 Å². The largest absolute Gasteiger partial charge is 0.317 e. The van der Waals surface area contributed by atoms with Gasteiger partial charge in [0, 0.05) is 6.04 Å². The molecule has 1 fully saturated rings. The van der Waals surface area contributed by atoms with Crippen molar-refractivity contribution in [1.82, 2.24) is 5.32 Å². The molecule has 1 atom stereocenters. The Balaban J connectivity index is 2.40. The first-order valence-corrected chi connectivity index (χ1v) is 4.31. The highest BCUT2D eigenvalue weighted by Crippen LogP contribution is 2.34. The van der Waals surface area contributed by atoms with Gasteiger partial charge < -0.3 is 5.32 Å². The molecule has 1 saturated carbocycles. The number of hydrogen-bond donors (Lipinski definition) is 1. The Morgan fingerprint density at radius 2 is 2.10 bits per heavy atom. The molecule has 10 heavy (non-hydrogen) atoms. The van der Waals surface area contributed by atoms with Crippen molar-refractivity contribution in [2.75, 3.05) is 7.05 Å². The molecule has 0 aromatic rings. The van der Waals surface area contributed by atoms with Gasteiger partial charge in [-0.1, -0.05) is 20.3 Å². The third-order valence-electron chi connectivity index (χ3n) is 2.61. The SMILES string of the molecule is CN[C@@H]1CCCC(C)(C)C1. The zero-order valence-corrected chi connectivity index (χ0v) is 7.41. The molecule has 1 aliphatic carbocycles. The van der Waals surface area contributed by atoms with Gasteiger partial charge in [0.25, 0.3) is 0 Å². The van der Waals surface area contributed by atoms with Crippen LogP contribution in [-0.4, -0.2) is 13.1 Å². The second kappa shape index (κ2) is 2.91. The van der Waals surface area contributed by atoms with Crippen LogP contribution in [0.15, 0.2) is 0 Å². The monoisotopic (exact) mass is 141 g/mol. The van der Waals surface area contributed by atoms with E-state index in [0.29, 0.717) is 5.41 Å². The predicted molar refractivity (Wildman–Crippen MR) is 45.1 cm³/mol. The van der Waals surface area contributed by atoms with Gasteiger partial charge in [0.1, 0.15) is 0 Å². The second-order valence-corrected chi connectivity index (χ2v) is 4.25. The normalized spacial score (nSPS) is 32.1. The fourth-order valence-electron chi connectivity index (χ4n) is 1.94. The first kappa shape index (κ1) is 8.06. The van der Waals surface area contributed by atoms with Crippen molar-refractivity contribution in [2.24, 2.45) is 5.41 Å². The van der Waals surface area contributed by atoms with Gasteiger partial charge in [0.05, 0.1) is 0 Å². The molecule has 1 aliphatic rings. The molecule has 0 spiro atoms. The van der Waals surface area contributed by atoms with Crippen LogP contribution in [0.5, 0.6) is 0 Å². The summed E-state index contributed by atoms with van der Waals surface area (Å²) in [5.74, 6) is 0. The summed E-state index contributed by atoms with van der Waals surface area (Å²) in [5, 5.41) is 3.36. The number of rotatable bonds is 1. The number of nitrogens with one attached hydrogen (secondary N) is 1. The lowest BCUT2D eigenvalue weighted by Gasteiger charge is -2.34. The van der Waals surface area contributed by atoms with Crippen LogP contribution in [-0.2, 0) is 0 Å². The van der Waals surface area contributed by atoms with E-state index in [4.69, 9.17) is 0 Å². The van der Waals surface area contributed by atoms with Crippen LogP contribution >= 0.6 is 0 Å². The molecule has 0 bridgehead atoms. The molecule has 0 saturated heterocycles. The third kappa shape index (κ3) is 1.98. The zero-order chi connectivity index (χ0) is 7.61. The summed E-state index contributed by atoms with van der Waals surface area (Å²) in [6.45, 7) is 4.74. The maximum atomic E-state index is 3.36. The average molecular weight is 141 g/mol. The van der Waals surface area contributed by atoms with Crippen molar-refractivity contribution in [3.05, 3.63) is 0 Å². The van der Waals surface area contributed by atoms with Gasteiger partial charge in [0.15, 0.2) is 0 Å². The van der Waals surface area contributed by atoms with Crippen molar-refractivity contribution in [3.8, 4) is 0 Å². The van der Waals surface area contributed by atoms with E-state index < -0.39 is 0 Å². The quantitative estimate of drug-likeness (QED) is 0.590. The Labute approximate surface area is 64.2 Å². The maximum Gasteiger partial charge on any atom is 0.00691 e. The van der Waals surface area contributed by atoms with Gasteiger partial charge in [-0.25, -0.2) is 0 Å². The van der Waals surface area contributed by atoms with Crippen LogP contribution in [0, 0.1) is 5.41 Å². The molecule has 1 rings (SSSR count). The fraction of sp³-hybridized carbons (Fsp3) is 1.00. The molecular formula is C9H19N. The van der Waals surface area contributed by atoms with E-state index in [0.717, 1.165) is 6.04 Å². The molecular weight excluding hydrogens is 122 g/mol. The van der Waals surface area contributed by atoms with E-state index in [1.165, 1.54) is 25.7 Å². The molecule has 1 heteroatoms. The minimum atomic E-state index is 0.589. The highest BCUT2D eigenvalue weighted by molar-refractivity contribution is 4.82. The summed E-state index contributed by atoms with van der Waals surface area (Å²) in [6.07, 6.45) is 5.53. The van der Waals surface area contributed by atoms with Gasteiger partial charge in [-0.2, -0.15) is 0 Å². The summed E-state index contributed by atoms with van der Waals surface area (Å²) in [6, 6.07) is 0.781. The van der Waals surface area contributed by atoms with Gasteiger partial charge in [-0.05, 0) is 31.7 Å². The molecule has 0 aromatic heterocycles. The molecule has 0 radical (unpaired) electrons. The lowest BCUT2D eigenvalue weighted by Crippen LogP contribution is -2.34. The topological polar surface area (TPSA) is 12.0 Å². The maximum absolute atomic E-state index is 3.36. The predicted octanol–water partition coefficient (Wildman–Crippen LogP) is 2.17. The van der Waals surface area contributed by atoms with Crippen LogP contribution in [0.25, 0.3) is 0 Å². The highest BCUT2D eigenvalue weighted by Gasteiger charge is 2.26. The molecule has 0 aromatic carbocycles. The molecule has 0 unspecified atom stereocenters. The molecule has 60 valence electrons. The first-order valence-electron chi connectivity index (χ1n) is 4.31. The highest BCUT2D eigenvalue weighted by atomic mass is 14.9. The lowest BCUT2D eigenvalue weighted by atomic mass is 9.75. The van der Waals surface area contributed by atoms with Gasteiger partial charge in [0.2, 0.25) is 0 Å². The van der Waals surface area contributed by atoms with Crippen molar-refractivity contribution in [1.29, 1.82) is 0 Å². The zero-order valence-electron chi connectivity index (χ0n) is 7.41. The van der Waals surface area contributed by atoms with Crippen LogP contribution in [0.1, 0.15) is 39.5 Å². The fourth-order valence-corrected chi connectivity index (χ4v) is 1.94. The van der Waals surface area contributed by atoms with E-state index in [1.54, 1.807) is 0 Å². The Kier molecular flexibility index (Phi) is 2.35. The van der Waals surface area contributed by atoms with E-state index in [9.17, 15) is 0 Å². The Morgan fingerprint density at radius 3 is 2.50 bits per heavy atom. The number of hydrogen-bond acceptors (Lipinski definition) is 1. The Bertz CT molecular complexity index is 107. The van der Waals surface area contributed by atoms with Crippen LogP contribution in [0.4, 0.5) is 0 Å². The second-order valence-electron chi connectivity index (χ2n) is 4.25.